The minimum absolute atomic E-state index is 0.0280. The molecule has 3 aromatic rings. The number of amides is 1. The minimum Gasteiger partial charge on any atom is -0.497 e. The van der Waals surface area contributed by atoms with Crippen LogP contribution < -0.4 is 14.8 Å². The van der Waals surface area contributed by atoms with Crippen LogP contribution in [0.1, 0.15) is 28.4 Å². The van der Waals surface area contributed by atoms with E-state index in [9.17, 15) is 18.0 Å². The van der Waals surface area contributed by atoms with E-state index in [0.29, 0.717) is 17.0 Å². The number of fused-ring (bicyclic) bond motifs is 1. The molecule has 0 bridgehead atoms. The summed E-state index contributed by atoms with van der Waals surface area (Å²) in [6, 6.07) is 17.5. The SMILES string of the molecule is COc1ccc(OC)c(S(=O)(=O)N2Cc3ccccc3C[C@H]2C(=O)Nc2ccc(C(C)=O)cc2)c1. The van der Waals surface area contributed by atoms with E-state index in [1.807, 2.05) is 24.3 Å². The number of methoxy groups -OCH3 is 2. The Morgan fingerprint density at radius 3 is 2.26 bits per heavy atom. The monoisotopic (exact) mass is 494 g/mol. The van der Waals surface area contributed by atoms with Gasteiger partial charge in [-0.15, -0.1) is 0 Å². The third kappa shape index (κ3) is 4.91. The number of ether oxygens (including phenoxy) is 2. The lowest BCUT2D eigenvalue weighted by atomic mass is 9.95. The number of Topliss-reactive ketones (excluding diaryl/α,β-unsaturated/α-hetero) is 1. The van der Waals surface area contributed by atoms with Gasteiger partial charge in [-0.25, -0.2) is 8.42 Å². The van der Waals surface area contributed by atoms with Crippen molar-refractivity contribution in [3.05, 3.63) is 83.4 Å². The quantitative estimate of drug-likeness (QED) is 0.503. The number of nitrogens with one attached hydrogen (secondary N) is 1. The first-order chi connectivity index (χ1) is 16.7. The van der Waals surface area contributed by atoms with Crippen molar-refractivity contribution >= 4 is 27.4 Å². The van der Waals surface area contributed by atoms with Gasteiger partial charge < -0.3 is 14.8 Å². The van der Waals surface area contributed by atoms with Crippen LogP contribution in [0, 0.1) is 0 Å². The third-order valence-electron chi connectivity index (χ3n) is 6.02. The van der Waals surface area contributed by atoms with Crippen LogP contribution in [0.5, 0.6) is 11.5 Å². The van der Waals surface area contributed by atoms with Gasteiger partial charge in [-0.3, -0.25) is 9.59 Å². The average Bonchev–Trinajstić information content (AvgIpc) is 2.87. The van der Waals surface area contributed by atoms with Gasteiger partial charge in [-0.2, -0.15) is 4.31 Å². The van der Waals surface area contributed by atoms with E-state index in [1.165, 1.54) is 37.6 Å². The van der Waals surface area contributed by atoms with Crippen molar-refractivity contribution in [1.29, 1.82) is 0 Å². The first-order valence-corrected chi connectivity index (χ1v) is 12.4. The highest BCUT2D eigenvalue weighted by atomic mass is 32.2. The predicted molar refractivity (Wildman–Crippen MR) is 131 cm³/mol. The Bertz CT molecular complexity index is 1370. The molecule has 0 aliphatic carbocycles. The molecule has 1 aliphatic rings. The molecule has 1 heterocycles. The van der Waals surface area contributed by atoms with Crippen LogP contribution in [0.3, 0.4) is 0 Å². The summed E-state index contributed by atoms with van der Waals surface area (Å²) in [4.78, 5) is 24.9. The molecule has 0 unspecified atom stereocenters. The number of anilines is 1. The van der Waals surface area contributed by atoms with Crippen LogP contribution in [0.15, 0.2) is 71.6 Å². The first-order valence-electron chi connectivity index (χ1n) is 11.0. The van der Waals surface area contributed by atoms with Gasteiger partial charge >= 0.3 is 0 Å². The van der Waals surface area contributed by atoms with Crippen LogP contribution in [-0.2, 0) is 27.8 Å². The Kier molecular flexibility index (Phi) is 6.90. The van der Waals surface area contributed by atoms with Gasteiger partial charge in [-0.05, 0) is 60.9 Å². The van der Waals surface area contributed by atoms with Crippen LogP contribution in [0.2, 0.25) is 0 Å². The number of carbonyl (C=O) groups is 2. The molecule has 8 nitrogen and oxygen atoms in total. The van der Waals surface area contributed by atoms with E-state index in [1.54, 1.807) is 30.3 Å². The maximum atomic E-state index is 13.9. The van der Waals surface area contributed by atoms with Crippen molar-refractivity contribution < 1.29 is 27.5 Å². The maximum absolute atomic E-state index is 13.9. The molecule has 182 valence electrons. The Balaban J connectivity index is 1.73. The van der Waals surface area contributed by atoms with Crippen molar-refractivity contribution in [3.8, 4) is 11.5 Å². The van der Waals surface area contributed by atoms with Crippen molar-refractivity contribution in [3.63, 3.8) is 0 Å². The third-order valence-corrected chi connectivity index (χ3v) is 7.90. The van der Waals surface area contributed by atoms with Gasteiger partial charge in [0, 0.05) is 23.9 Å². The minimum atomic E-state index is -4.16. The van der Waals surface area contributed by atoms with Gasteiger partial charge in [0.05, 0.1) is 14.2 Å². The van der Waals surface area contributed by atoms with E-state index in [-0.39, 0.29) is 29.4 Å². The molecule has 0 aromatic heterocycles. The lowest BCUT2D eigenvalue weighted by Crippen LogP contribution is -2.50. The second-order valence-electron chi connectivity index (χ2n) is 8.18. The number of hydrogen-bond donors (Lipinski definition) is 1. The zero-order valence-corrected chi connectivity index (χ0v) is 20.5. The molecule has 1 N–H and O–H groups in total. The summed E-state index contributed by atoms with van der Waals surface area (Å²) >= 11 is 0. The van der Waals surface area contributed by atoms with E-state index in [0.717, 1.165) is 11.1 Å². The zero-order chi connectivity index (χ0) is 25.2. The van der Waals surface area contributed by atoms with Gasteiger partial charge in [0.1, 0.15) is 22.4 Å². The van der Waals surface area contributed by atoms with Crippen molar-refractivity contribution in [1.82, 2.24) is 4.31 Å². The highest BCUT2D eigenvalue weighted by molar-refractivity contribution is 7.89. The second kappa shape index (κ2) is 9.89. The number of carbonyl (C=O) groups excluding carboxylic acids is 2. The average molecular weight is 495 g/mol. The van der Waals surface area contributed by atoms with Gasteiger partial charge in [0.15, 0.2) is 5.78 Å². The lowest BCUT2D eigenvalue weighted by Gasteiger charge is -2.35. The molecule has 1 amide bonds. The summed E-state index contributed by atoms with van der Waals surface area (Å²) in [7, 11) is -1.32. The number of nitrogens with zero attached hydrogens (tertiary/aromatic N) is 1. The summed E-state index contributed by atoms with van der Waals surface area (Å²) < 4.78 is 39.6. The van der Waals surface area contributed by atoms with Gasteiger partial charge in [0.25, 0.3) is 0 Å². The molecule has 0 saturated heterocycles. The van der Waals surface area contributed by atoms with Crippen molar-refractivity contribution in [2.45, 2.75) is 30.8 Å². The number of rotatable bonds is 7. The summed E-state index contributed by atoms with van der Waals surface area (Å²) in [5.74, 6) is -0.0474. The second-order valence-corrected chi connectivity index (χ2v) is 10.0. The predicted octanol–water partition coefficient (Wildman–Crippen LogP) is 3.66. The van der Waals surface area contributed by atoms with Crippen molar-refractivity contribution in [2.24, 2.45) is 0 Å². The van der Waals surface area contributed by atoms with Crippen LogP contribution in [0.4, 0.5) is 5.69 Å². The Morgan fingerprint density at radius 2 is 1.63 bits per heavy atom. The smallest absolute Gasteiger partial charge is 0.247 e. The molecule has 0 radical (unpaired) electrons. The fraction of sp³-hybridized carbons (Fsp3) is 0.231. The summed E-state index contributed by atoms with van der Waals surface area (Å²) in [5.41, 5.74) is 2.72. The van der Waals surface area contributed by atoms with Crippen LogP contribution in [-0.4, -0.2) is 44.7 Å². The summed E-state index contributed by atoms with van der Waals surface area (Å²) in [6.45, 7) is 1.49. The lowest BCUT2D eigenvalue weighted by molar-refractivity contribution is -0.120. The standard InChI is InChI=1S/C26H26N2O6S/c1-17(29)18-8-10-21(11-9-18)27-26(30)23-14-19-6-4-5-7-20(19)16-28(23)35(31,32)25-15-22(33-2)12-13-24(25)34-3/h4-13,15,23H,14,16H2,1-3H3,(H,27,30)/t23-/m0/s1. The number of ketones is 1. The summed E-state index contributed by atoms with van der Waals surface area (Å²) in [5, 5.41) is 2.80. The fourth-order valence-corrected chi connectivity index (χ4v) is 5.84. The number of sulfonamides is 1. The molecule has 0 saturated carbocycles. The Labute approximate surface area is 204 Å². The topological polar surface area (TPSA) is 102 Å². The molecule has 35 heavy (non-hydrogen) atoms. The highest BCUT2D eigenvalue weighted by Gasteiger charge is 2.41. The first kappa shape index (κ1) is 24.4. The molecule has 0 spiro atoms. The zero-order valence-electron chi connectivity index (χ0n) is 19.6. The van der Waals surface area contributed by atoms with Gasteiger partial charge in [-0.1, -0.05) is 24.3 Å². The fourth-order valence-electron chi connectivity index (χ4n) is 4.10. The Hall–Kier alpha value is -3.69. The van der Waals surface area contributed by atoms with Gasteiger partial charge in [0.2, 0.25) is 15.9 Å². The van der Waals surface area contributed by atoms with E-state index >= 15 is 0 Å². The summed E-state index contributed by atoms with van der Waals surface area (Å²) in [6.07, 6.45) is 0.207. The molecule has 1 atom stereocenters. The highest BCUT2D eigenvalue weighted by Crippen LogP contribution is 2.35. The molecule has 1 aliphatic heterocycles. The Morgan fingerprint density at radius 1 is 0.943 bits per heavy atom. The molecular weight excluding hydrogens is 468 g/mol. The molecule has 4 rings (SSSR count). The molecule has 0 fully saturated rings. The van der Waals surface area contributed by atoms with Crippen LogP contribution in [0.25, 0.3) is 0 Å². The number of hydrogen-bond acceptors (Lipinski definition) is 6. The largest absolute Gasteiger partial charge is 0.497 e. The van der Waals surface area contributed by atoms with Crippen LogP contribution >= 0.6 is 0 Å². The maximum Gasteiger partial charge on any atom is 0.247 e. The normalized spacial score (nSPS) is 15.7. The van der Waals surface area contributed by atoms with E-state index in [4.69, 9.17) is 9.47 Å². The molecule has 3 aromatic carbocycles. The molecular formula is C26H26N2O6S. The van der Waals surface area contributed by atoms with E-state index in [2.05, 4.69) is 5.32 Å². The number of benzene rings is 3. The van der Waals surface area contributed by atoms with E-state index < -0.39 is 22.0 Å². The molecule has 9 heteroatoms. The van der Waals surface area contributed by atoms with Crippen molar-refractivity contribution in [2.75, 3.05) is 19.5 Å².